The largest absolute Gasteiger partial charge is 0.349 e. The highest BCUT2D eigenvalue weighted by molar-refractivity contribution is 5.97. The minimum Gasteiger partial charge on any atom is -0.349 e. The third kappa shape index (κ3) is 3.87. The van der Waals surface area contributed by atoms with Gasteiger partial charge >= 0.3 is 6.03 Å². The van der Waals surface area contributed by atoms with Gasteiger partial charge in [0.2, 0.25) is 0 Å². The van der Waals surface area contributed by atoms with E-state index in [0.29, 0.717) is 18.7 Å². The minimum absolute atomic E-state index is 0.0265. The van der Waals surface area contributed by atoms with Gasteiger partial charge in [-0.1, -0.05) is 6.92 Å². The molecule has 0 aliphatic carbocycles. The van der Waals surface area contributed by atoms with Crippen molar-refractivity contribution in [2.24, 2.45) is 0 Å². The van der Waals surface area contributed by atoms with E-state index >= 15 is 0 Å². The van der Waals surface area contributed by atoms with Crippen molar-refractivity contribution < 1.29 is 9.59 Å². The van der Waals surface area contributed by atoms with Gasteiger partial charge in [-0.15, -0.1) is 0 Å². The average Bonchev–Trinajstić information content (AvgIpc) is 3.03. The highest BCUT2D eigenvalue weighted by Crippen LogP contribution is 2.18. The molecule has 24 heavy (non-hydrogen) atoms. The zero-order valence-electron chi connectivity index (χ0n) is 14.3. The highest BCUT2D eigenvalue weighted by atomic mass is 16.2. The van der Waals surface area contributed by atoms with Crippen LogP contribution in [0.4, 0.5) is 10.5 Å². The van der Waals surface area contributed by atoms with E-state index in [0.717, 1.165) is 38.2 Å². The van der Waals surface area contributed by atoms with Gasteiger partial charge in [-0.3, -0.25) is 9.69 Å². The molecule has 1 aromatic rings. The lowest BCUT2D eigenvalue weighted by Gasteiger charge is -2.32. The zero-order valence-corrected chi connectivity index (χ0v) is 14.3. The number of nitrogens with zero attached hydrogens (tertiary/aromatic N) is 2. The summed E-state index contributed by atoms with van der Waals surface area (Å²) in [5, 5.41) is 5.91. The molecule has 2 aliphatic heterocycles. The Morgan fingerprint density at radius 1 is 1.21 bits per heavy atom. The molecule has 0 unspecified atom stereocenters. The van der Waals surface area contributed by atoms with Gasteiger partial charge in [0, 0.05) is 43.5 Å². The Hall–Kier alpha value is -2.08. The number of benzene rings is 1. The van der Waals surface area contributed by atoms with Gasteiger partial charge in [0.15, 0.2) is 0 Å². The number of piperidine rings is 1. The molecule has 0 radical (unpaired) electrons. The average molecular weight is 330 g/mol. The first kappa shape index (κ1) is 16.8. The summed E-state index contributed by atoms with van der Waals surface area (Å²) in [6.45, 7) is 6.79. The molecule has 3 amide bonds. The second-order valence-corrected chi connectivity index (χ2v) is 6.52. The number of nitrogens with one attached hydrogen (secondary N) is 2. The fraction of sp³-hybridized carbons (Fsp3) is 0.556. The van der Waals surface area contributed by atoms with Gasteiger partial charge in [-0.2, -0.15) is 0 Å². The van der Waals surface area contributed by atoms with Crippen LogP contribution >= 0.6 is 0 Å². The molecule has 0 atom stereocenters. The SMILES string of the molecule is CCCN1CCC(NC(=O)c2ccc(N3CCNC3=O)cc2)CC1. The van der Waals surface area contributed by atoms with Crippen LogP contribution in [0.25, 0.3) is 0 Å². The number of rotatable bonds is 5. The Morgan fingerprint density at radius 2 is 1.92 bits per heavy atom. The van der Waals surface area contributed by atoms with E-state index in [-0.39, 0.29) is 18.0 Å². The Labute approximate surface area is 143 Å². The summed E-state index contributed by atoms with van der Waals surface area (Å²) in [5.41, 5.74) is 1.48. The maximum Gasteiger partial charge on any atom is 0.321 e. The summed E-state index contributed by atoms with van der Waals surface area (Å²) in [6.07, 6.45) is 3.20. The molecule has 2 N–H and O–H groups in total. The molecule has 0 aromatic heterocycles. The van der Waals surface area contributed by atoms with Gasteiger partial charge in [-0.25, -0.2) is 4.79 Å². The van der Waals surface area contributed by atoms with Gasteiger partial charge in [0.05, 0.1) is 0 Å². The summed E-state index contributed by atoms with van der Waals surface area (Å²) in [4.78, 5) is 28.2. The number of likely N-dealkylation sites (tertiary alicyclic amines) is 1. The van der Waals surface area contributed by atoms with Crippen molar-refractivity contribution in [2.45, 2.75) is 32.2 Å². The quantitative estimate of drug-likeness (QED) is 0.865. The molecule has 6 nitrogen and oxygen atoms in total. The topological polar surface area (TPSA) is 64.7 Å². The number of anilines is 1. The first-order valence-corrected chi connectivity index (χ1v) is 8.86. The first-order valence-electron chi connectivity index (χ1n) is 8.86. The predicted octanol–water partition coefficient (Wildman–Crippen LogP) is 1.82. The molecule has 0 saturated carbocycles. The van der Waals surface area contributed by atoms with Crippen LogP contribution in [0.15, 0.2) is 24.3 Å². The fourth-order valence-electron chi connectivity index (χ4n) is 3.40. The summed E-state index contributed by atoms with van der Waals surface area (Å²) < 4.78 is 0. The minimum atomic E-state index is -0.0777. The number of hydrogen-bond acceptors (Lipinski definition) is 3. The lowest BCUT2D eigenvalue weighted by atomic mass is 10.0. The van der Waals surface area contributed by atoms with Crippen LogP contribution in [0.5, 0.6) is 0 Å². The summed E-state index contributed by atoms with van der Waals surface area (Å²) in [5.74, 6) is -0.0265. The van der Waals surface area contributed by atoms with E-state index in [1.165, 1.54) is 6.42 Å². The third-order valence-corrected chi connectivity index (χ3v) is 4.76. The van der Waals surface area contributed by atoms with Gasteiger partial charge in [-0.05, 0) is 50.1 Å². The number of urea groups is 1. The van der Waals surface area contributed by atoms with Gasteiger partial charge in [0.1, 0.15) is 0 Å². The Morgan fingerprint density at radius 3 is 2.50 bits per heavy atom. The molecule has 1 aromatic carbocycles. The van der Waals surface area contributed by atoms with Crippen molar-refractivity contribution in [3.8, 4) is 0 Å². The molecule has 2 saturated heterocycles. The van der Waals surface area contributed by atoms with E-state index in [2.05, 4.69) is 22.5 Å². The van der Waals surface area contributed by atoms with Crippen LogP contribution in [0.3, 0.4) is 0 Å². The van der Waals surface area contributed by atoms with Crippen molar-refractivity contribution in [3.63, 3.8) is 0 Å². The third-order valence-electron chi connectivity index (χ3n) is 4.76. The molecule has 2 fully saturated rings. The number of hydrogen-bond donors (Lipinski definition) is 2. The molecule has 3 rings (SSSR count). The summed E-state index contributed by atoms with van der Waals surface area (Å²) in [7, 11) is 0. The number of carbonyl (C=O) groups excluding carboxylic acids is 2. The van der Waals surface area contributed by atoms with Crippen molar-refractivity contribution in [1.82, 2.24) is 15.5 Å². The lowest BCUT2D eigenvalue weighted by Crippen LogP contribution is -2.44. The molecule has 0 bridgehead atoms. The van der Waals surface area contributed by atoms with E-state index in [9.17, 15) is 9.59 Å². The lowest BCUT2D eigenvalue weighted by molar-refractivity contribution is 0.0911. The monoisotopic (exact) mass is 330 g/mol. The second-order valence-electron chi connectivity index (χ2n) is 6.52. The Bertz CT molecular complexity index is 579. The van der Waals surface area contributed by atoms with Crippen molar-refractivity contribution in [2.75, 3.05) is 37.6 Å². The Balaban J connectivity index is 1.53. The standard InChI is InChI=1S/C18H26N4O2/c1-2-10-21-11-7-15(8-12-21)20-17(23)14-3-5-16(6-4-14)22-13-9-19-18(22)24/h3-6,15H,2,7-13H2,1H3,(H,19,24)(H,20,23). The number of amides is 3. The first-order chi connectivity index (χ1) is 11.7. The maximum atomic E-state index is 12.4. The second kappa shape index (κ2) is 7.66. The summed E-state index contributed by atoms with van der Waals surface area (Å²) in [6, 6.07) is 7.44. The van der Waals surface area contributed by atoms with Crippen LogP contribution < -0.4 is 15.5 Å². The molecule has 6 heteroatoms. The summed E-state index contributed by atoms with van der Waals surface area (Å²) >= 11 is 0. The predicted molar refractivity (Wildman–Crippen MR) is 94.4 cm³/mol. The van der Waals surface area contributed by atoms with Crippen LogP contribution in [-0.4, -0.2) is 55.6 Å². The molecule has 2 heterocycles. The van der Waals surface area contributed by atoms with E-state index < -0.39 is 0 Å². The van der Waals surface area contributed by atoms with Gasteiger partial charge < -0.3 is 15.5 Å². The van der Waals surface area contributed by atoms with Crippen LogP contribution in [0.2, 0.25) is 0 Å². The zero-order chi connectivity index (χ0) is 16.9. The number of carbonyl (C=O) groups is 2. The fourth-order valence-corrected chi connectivity index (χ4v) is 3.40. The van der Waals surface area contributed by atoms with E-state index in [1.54, 1.807) is 17.0 Å². The van der Waals surface area contributed by atoms with Crippen molar-refractivity contribution >= 4 is 17.6 Å². The molecule has 130 valence electrons. The van der Waals surface area contributed by atoms with Crippen LogP contribution in [0, 0.1) is 0 Å². The van der Waals surface area contributed by atoms with E-state index in [4.69, 9.17) is 0 Å². The van der Waals surface area contributed by atoms with Gasteiger partial charge in [0.25, 0.3) is 5.91 Å². The highest BCUT2D eigenvalue weighted by Gasteiger charge is 2.22. The molecular weight excluding hydrogens is 304 g/mol. The van der Waals surface area contributed by atoms with E-state index in [1.807, 2.05) is 12.1 Å². The molecule has 0 spiro atoms. The van der Waals surface area contributed by atoms with Crippen molar-refractivity contribution in [1.29, 1.82) is 0 Å². The van der Waals surface area contributed by atoms with Crippen LogP contribution in [-0.2, 0) is 0 Å². The normalized spacial score (nSPS) is 19.4. The molecule has 2 aliphatic rings. The molecular formula is C18H26N4O2. The Kier molecular flexibility index (Phi) is 5.35. The maximum absolute atomic E-state index is 12.4. The van der Waals surface area contributed by atoms with Crippen LogP contribution in [0.1, 0.15) is 36.5 Å². The smallest absolute Gasteiger partial charge is 0.321 e. The van der Waals surface area contributed by atoms with Crippen molar-refractivity contribution in [3.05, 3.63) is 29.8 Å².